The minimum atomic E-state index is -3.34. The highest BCUT2D eigenvalue weighted by Gasteiger charge is 2.42. The number of hydrogen-bond donors (Lipinski definition) is 1. The quantitative estimate of drug-likeness (QED) is 0.320. The zero-order chi connectivity index (χ0) is 34.3. The first kappa shape index (κ1) is 34.4. The Bertz CT molecular complexity index is 1870. The molecule has 3 aromatic rings. The van der Waals surface area contributed by atoms with Crippen LogP contribution in [0.3, 0.4) is 0 Å². The molecule has 0 amide bonds. The topological polar surface area (TPSA) is 121 Å². The third kappa shape index (κ3) is 6.70. The number of benzene rings is 1. The van der Waals surface area contributed by atoms with E-state index in [4.69, 9.17) is 0 Å². The molecule has 1 aromatic carbocycles. The van der Waals surface area contributed by atoms with Crippen LogP contribution in [0.5, 0.6) is 0 Å². The number of hydrogen-bond acceptors (Lipinski definition) is 8. The van der Waals surface area contributed by atoms with Crippen LogP contribution in [0.1, 0.15) is 94.4 Å². The van der Waals surface area contributed by atoms with Gasteiger partial charge in [0.05, 0.1) is 40.0 Å². The predicted octanol–water partition coefficient (Wildman–Crippen LogP) is 6.23. The maximum atomic E-state index is 16.0. The van der Waals surface area contributed by atoms with Gasteiger partial charge in [-0.3, -0.25) is 9.36 Å². The Kier molecular flexibility index (Phi) is 9.61. The molecule has 13 heteroatoms. The number of fused-ring (bicyclic) bond motifs is 9. The van der Waals surface area contributed by atoms with Gasteiger partial charge >= 0.3 is 0 Å². The highest BCUT2D eigenvalue weighted by atomic mass is 32.2. The van der Waals surface area contributed by atoms with E-state index in [0.29, 0.717) is 36.8 Å². The largest absolute Gasteiger partial charge is 0.363 e. The number of nitriles is 1. The average Bonchev–Trinajstić information content (AvgIpc) is 3.05. The van der Waals surface area contributed by atoms with Crippen molar-refractivity contribution in [2.45, 2.75) is 102 Å². The summed E-state index contributed by atoms with van der Waals surface area (Å²) in [5.41, 5.74) is -1.78. The smallest absolute Gasteiger partial charge is 0.276 e. The highest BCUT2D eigenvalue weighted by molar-refractivity contribution is 7.91. The molecule has 258 valence electrons. The van der Waals surface area contributed by atoms with E-state index >= 15 is 13.2 Å². The van der Waals surface area contributed by atoms with Gasteiger partial charge in [-0.2, -0.15) is 5.26 Å². The van der Waals surface area contributed by atoms with Gasteiger partial charge in [-0.05, 0) is 77.4 Å². The Labute approximate surface area is 279 Å². The van der Waals surface area contributed by atoms with Crippen LogP contribution in [-0.2, 0) is 27.7 Å². The third-order valence-electron chi connectivity index (χ3n) is 10.9. The van der Waals surface area contributed by atoms with Gasteiger partial charge in [0.15, 0.2) is 0 Å². The van der Waals surface area contributed by atoms with E-state index in [1.165, 1.54) is 18.5 Å². The lowest BCUT2D eigenvalue weighted by Crippen LogP contribution is -2.41. The summed E-state index contributed by atoms with van der Waals surface area (Å²) in [5.74, 6) is -4.68. The fourth-order valence-corrected chi connectivity index (χ4v) is 9.29. The minimum absolute atomic E-state index is 0.0130. The molecule has 8 bridgehead atoms. The Hall–Kier alpha value is -3.50. The van der Waals surface area contributed by atoms with Crippen molar-refractivity contribution in [3.05, 3.63) is 63.5 Å². The number of aromatic nitrogens is 3. The van der Waals surface area contributed by atoms with Crippen LogP contribution in [0.4, 0.5) is 19.0 Å². The van der Waals surface area contributed by atoms with Crippen molar-refractivity contribution in [1.82, 2.24) is 19.4 Å². The molecule has 2 saturated heterocycles. The number of pyridine rings is 1. The summed E-state index contributed by atoms with van der Waals surface area (Å²) in [6, 6.07) is 7.40. The molecule has 0 saturated carbocycles. The van der Waals surface area contributed by atoms with Crippen molar-refractivity contribution in [3.63, 3.8) is 0 Å². The van der Waals surface area contributed by atoms with Gasteiger partial charge < -0.3 is 10.2 Å². The van der Waals surface area contributed by atoms with Gasteiger partial charge in [0.1, 0.15) is 33.4 Å². The van der Waals surface area contributed by atoms with Gasteiger partial charge in [-0.1, -0.05) is 31.0 Å². The SMILES string of the molecule is CC1CCCCCn2c(=O)c(C3(C#N)CCS(=O)(=O)CC3)cc3c(ncnc32)N[C@H](C)c2cccc(c2F)C(F)(F)CC2CCN1CC2. The molecule has 0 spiro atoms. The first-order valence-electron chi connectivity index (χ1n) is 17.0. The molecule has 4 aliphatic heterocycles. The molecule has 1 unspecified atom stereocenters. The Morgan fingerprint density at radius 2 is 1.73 bits per heavy atom. The minimum Gasteiger partial charge on any atom is -0.363 e. The van der Waals surface area contributed by atoms with Gasteiger partial charge in [-0.25, -0.2) is 31.6 Å². The first-order valence-corrected chi connectivity index (χ1v) is 18.8. The van der Waals surface area contributed by atoms with Gasteiger partial charge in [0, 0.05) is 30.1 Å². The Morgan fingerprint density at radius 3 is 2.44 bits per heavy atom. The number of sulfone groups is 1. The number of rotatable bonds is 1. The molecule has 1 N–H and O–H groups in total. The number of aryl methyl sites for hydroxylation is 1. The van der Waals surface area contributed by atoms with E-state index in [9.17, 15) is 18.5 Å². The fraction of sp³-hybridized carbons (Fsp3) is 0.600. The second-order valence-corrected chi connectivity index (χ2v) is 16.3. The van der Waals surface area contributed by atoms with Gasteiger partial charge in [0.2, 0.25) is 0 Å². The van der Waals surface area contributed by atoms with Crippen LogP contribution in [0, 0.1) is 23.1 Å². The molecule has 2 aromatic heterocycles. The number of halogens is 3. The van der Waals surface area contributed by atoms with Crippen LogP contribution in [0.25, 0.3) is 11.0 Å². The maximum absolute atomic E-state index is 16.0. The summed E-state index contributed by atoms with van der Waals surface area (Å²) in [6.45, 7) is 5.59. The lowest BCUT2D eigenvalue weighted by Gasteiger charge is -2.37. The number of anilines is 1. The lowest BCUT2D eigenvalue weighted by atomic mass is 9.77. The van der Waals surface area contributed by atoms with Crippen molar-refractivity contribution in [1.29, 1.82) is 5.26 Å². The highest BCUT2D eigenvalue weighted by Crippen LogP contribution is 2.41. The zero-order valence-electron chi connectivity index (χ0n) is 27.5. The van der Waals surface area contributed by atoms with E-state index < -0.39 is 50.6 Å². The van der Waals surface area contributed by atoms with Crippen LogP contribution >= 0.6 is 0 Å². The number of nitrogens with zero attached hydrogens (tertiary/aromatic N) is 5. The van der Waals surface area contributed by atoms with Crippen LogP contribution in [-0.4, -0.2) is 58.5 Å². The summed E-state index contributed by atoms with van der Waals surface area (Å²) in [7, 11) is -3.33. The maximum Gasteiger partial charge on any atom is 0.276 e. The van der Waals surface area contributed by atoms with Gasteiger partial charge in [0.25, 0.3) is 11.5 Å². The molecule has 7 rings (SSSR count). The monoisotopic (exact) mass is 684 g/mol. The summed E-state index contributed by atoms with van der Waals surface area (Å²) < 4.78 is 73.7. The van der Waals surface area contributed by atoms with Gasteiger partial charge in [-0.15, -0.1) is 0 Å². The average molecular weight is 685 g/mol. The molecule has 2 atom stereocenters. The molecular formula is C35H43F3N6O3S. The molecule has 4 aliphatic rings. The molecule has 6 heterocycles. The lowest BCUT2D eigenvalue weighted by molar-refractivity contribution is -0.0416. The first-order chi connectivity index (χ1) is 22.8. The van der Waals surface area contributed by atoms with Crippen molar-refractivity contribution >= 4 is 26.7 Å². The normalized spacial score (nSPS) is 27.4. The van der Waals surface area contributed by atoms with E-state index in [2.05, 4.69) is 33.2 Å². The molecule has 0 aliphatic carbocycles. The second kappa shape index (κ2) is 13.4. The predicted molar refractivity (Wildman–Crippen MR) is 178 cm³/mol. The number of alkyl halides is 2. The molecule has 0 radical (unpaired) electrons. The van der Waals surface area contributed by atoms with E-state index in [-0.39, 0.29) is 53.3 Å². The number of piperidine rings is 1. The van der Waals surface area contributed by atoms with Crippen molar-refractivity contribution in [3.8, 4) is 6.07 Å². The van der Waals surface area contributed by atoms with Crippen LogP contribution < -0.4 is 10.9 Å². The fourth-order valence-electron chi connectivity index (χ4n) is 7.76. The summed E-state index contributed by atoms with van der Waals surface area (Å²) in [5, 5.41) is 14.0. The summed E-state index contributed by atoms with van der Waals surface area (Å²) in [4.78, 5) is 25.4. The van der Waals surface area contributed by atoms with E-state index in [1.54, 1.807) is 17.6 Å². The summed E-state index contributed by atoms with van der Waals surface area (Å²) in [6.07, 6.45) is 5.50. The van der Waals surface area contributed by atoms with Crippen LogP contribution in [0.15, 0.2) is 35.4 Å². The van der Waals surface area contributed by atoms with Crippen molar-refractivity contribution in [2.75, 3.05) is 29.9 Å². The zero-order valence-corrected chi connectivity index (χ0v) is 28.3. The second-order valence-electron chi connectivity index (χ2n) is 14.0. The molecule has 2 fully saturated rings. The van der Waals surface area contributed by atoms with Crippen LogP contribution in [0.2, 0.25) is 0 Å². The molecule has 9 nitrogen and oxygen atoms in total. The van der Waals surface area contributed by atoms with E-state index in [1.807, 2.05) is 0 Å². The third-order valence-corrected chi connectivity index (χ3v) is 12.5. The van der Waals surface area contributed by atoms with Crippen molar-refractivity contribution in [2.24, 2.45) is 5.92 Å². The Morgan fingerprint density at radius 1 is 1.00 bits per heavy atom. The summed E-state index contributed by atoms with van der Waals surface area (Å²) >= 11 is 0. The molecular weight excluding hydrogens is 641 g/mol. The number of nitrogens with one attached hydrogen (secondary N) is 1. The molecule has 48 heavy (non-hydrogen) atoms. The Balaban J connectivity index is 1.45. The van der Waals surface area contributed by atoms with E-state index in [0.717, 1.165) is 38.4 Å². The standard InChI is InChI=1S/C35H43F3N6O3S/c1-23-7-4-3-5-14-44-32-27(19-29(33(44)45)34(21-39)12-17-48(46,47)18-13-34)31(40-22-41-32)42-24(2)26-8-6-9-28(30(26)36)35(37,38)20-25-10-15-43(23)16-11-25/h6,8-9,19,22-25H,3-5,7,10-18,20H2,1-2H3,(H,40,41,42)/t23?,24-/m1/s1. The van der Waals surface area contributed by atoms with Crippen molar-refractivity contribution < 1.29 is 21.6 Å².